The zero-order valence-electron chi connectivity index (χ0n) is 20.5. The Hall–Kier alpha value is -3.05. The number of ether oxygens (including phenoxy) is 1. The maximum atomic E-state index is 13.6. The summed E-state index contributed by atoms with van der Waals surface area (Å²) in [5.41, 5.74) is 17.9. The number of halogens is 1. The lowest BCUT2D eigenvalue weighted by atomic mass is 9.60. The van der Waals surface area contributed by atoms with Gasteiger partial charge in [0.25, 0.3) is 0 Å². The summed E-state index contributed by atoms with van der Waals surface area (Å²) in [5, 5.41) is 0. The molecule has 5 nitrogen and oxygen atoms in total. The fourth-order valence-corrected chi connectivity index (χ4v) is 5.91. The fraction of sp³-hybridized carbons (Fsp3) is 0.414. The van der Waals surface area contributed by atoms with E-state index in [0.717, 1.165) is 48.1 Å². The monoisotopic (exact) mass is 475 g/mol. The maximum Gasteiger partial charge on any atom is 0.326 e. The first-order valence-corrected chi connectivity index (χ1v) is 12.2. The van der Waals surface area contributed by atoms with E-state index in [2.05, 4.69) is 30.3 Å². The molecule has 2 aliphatic rings. The van der Waals surface area contributed by atoms with Crippen molar-refractivity contribution in [3.8, 4) is 11.1 Å². The number of allylic oxidation sites excluding steroid dienone is 2. The third-order valence-electron chi connectivity index (χ3n) is 7.60. The molecule has 4 rings (SSSR count). The smallest absolute Gasteiger partial charge is 0.326 e. The van der Waals surface area contributed by atoms with Crippen LogP contribution in [0.4, 0.5) is 4.39 Å². The minimum atomic E-state index is -1.20. The number of pyridine rings is 1. The lowest BCUT2D eigenvalue weighted by molar-refractivity contribution is -0.145. The number of carbonyl (C=O) groups is 1. The lowest BCUT2D eigenvalue weighted by Gasteiger charge is -2.43. The SMILES string of the molecule is C=C=C1CCCC[C@@H](N)C[C@@]2(N)C(=O)O[C@H](C)[C@H]2[C@@]1(C)/C=C/c1ccc(-c2cccc(F)c2)cn1. The van der Waals surface area contributed by atoms with Gasteiger partial charge in [-0.05, 0) is 68.0 Å². The number of benzene rings is 1. The summed E-state index contributed by atoms with van der Waals surface area (Å²) in [5.74, 6) is -1.02. The minimum absolute atomic E-state index is 0.167. The number of carbonyl (C=O) groups excluding carboxylic acids is 1. The molecule has 35 heavy (non-hydrogen) atoms. The van der Waals surface area contributed by atoms with Crippen molar-refractivity contribution in [2.24, 2.45) is 22.8 Å². The molecule has 0 spiro atoms. The van der Waals surface area contributed by atoms with Crippen LogP contribution in [-0.2, 0) is 9.53 Å². The number of hydrogen-bond donors (Lipinski definition) is 2. The molecule has 0 radical (unpaired) electrons. The second-order valence-corrected chi connectivity index (χ2v) is 10.1. The molecular formula is C29H34FN3O2. The van der Waals surface area contributed by atoms with E-state index in [1.54, 1.807) is 12.3 Å². The standard InChI is InChI=1S/C29H34FN3O2/c1-4-22-9-5-6-11-24(31)17-29(32)26(19(2)35-27(29)34)28(22,3)15-14-25-13-12-21(18-33-25)20-8-7-10-23(30)16-20/h7-8,10,12-16,18-19,24,26H,1,5-6,9,11,17,31-32H2,2-3H3/b15-14+/t19-,24-,26+,28+,29+/m1/s1. The van der Waals surface area contributed by atoms with E-state index >= 15 is 0 Å². The number of nitrogens with two attached hydrogens (primary N) is 2. The summed E-state index contributed by atoms with van der Waals surface area (Å²) in [6.07, 6.45) is 9.21. The van der Waals surface area contributed by atoms with Gasteiger partial charge in [0.1, 0.15) is 17.5 Å². The van der Waals surface area contributed by atoms with Crippen LogP contribution in [0.25, 0.3) is 17.2 Å². The van der Waals surface area contributed by atoms with Crippen LogP contribution in [-0.4, -0.2) is 28.6 Å². The Morgan fingerprint density at radius 2 is 2.06 bits per heavy atom. The third kappa shape index (κ3) is 4.87. The average molecular weight is 476 g/mol. The van der Waals surface area contributed by atoms with Gasteiger partial charge in [0.2, 0.25) is 0 Å². The molecule has 1 aromatic carbocycles. The van der Waals surface area contributed by atoms with Gasteiger partial charge in [0.05, 0.1) is 5.69 Å². The molecule has 0 bridgehead atoms. The van der Waals surface area contributed by atoms with Gasteiger partial charge in [-0.2, -0.15) is 0 Å². The van der Waals surface area contributed by atoms with Crippen molar-refractivity contribution in [3.05, 3.63) is 78.1 Å². The van der Waals surface area contributed by atoms with Gasteiger partial charge in [0, 0.05) is 29.1 Å². The highest BCUT2D eigenvalue weighted by Crippen LogP contribution is 2.51. The van der Waals surface area contributed by atoms with Crippen LogP contribution in [0, 0.1) is 17.2 Å². The summed E-state index contributed by atoms with van der Waals surface area (Å²) < 4.78 is 19.3. The van der Waals surface area contributed by atoms with Crippen LogP contribution in [0.2, 0.25) is 0 Å². The first kappa shape index (κ1) is 25.1. The zero-order valence-corrected chi connectivity index (χ0v) is 20.5. The highest BCUT2D eigenvalue weighted by atomic mass is 19.1. The highest BCUT2D eigenvalue weighted by Gasteiger charge is 2.60. The predicted molar refractivity (Wildman–Crippen MR) is 136 cm³/mol. The largest absolute Gasteiger partial charge is 0.461 e. The van der Waals surface area contributed by atoms with Crippen molar-refractivity contribution < 1.29 is 13.9 Å². The van der Waals surface area contributed by atoms with Gasteiger partial charge >= 0.3 is 5.97 Å². The number of nitrogens with zero attached hydrogens (tertiary/aromatic N) is 1. The molecule has 2 aromatic rings. The van der Waals surface area contributed by atoms with E-state index in [-0.39, 0.29) is 23.9 Å². The molecule has 2 heterocycles. The maximum absolute atomic E-state index is 13.6. The number of aromatic nitrogens is 1. The fourth-order valence-electron chi connectivity index (χ4n) is 5.91. The molecule has 5 atom stereocenters. The summed E-state index contributed by atoms with van der Waals surface area (Å²) in [7, 11) is 0. The molecule has 6 heteroatoms. The molecular weight excluding hydrogens is 441 g/mol. The van der Waals surface area contributed by atoms with Gasteiger partial charge in [-0.25, -0.2) is 4.39 Å². The molecule has 4 N–H and O–H groups in total. The van der Waals surface area contributed by atoms with E-state index in [9.17, 15) is 9.18 Å². The van der Waals surface area contributed by atoms with Gasteiger partial charge in [-0.15, -0.1) is 5.73 Å². The third-order valence-corrected chi connectivity index (χ3v) is 7.60. The lowest BCUT2D eigenvalue weighted by Crippen LogP contribution is -2.58. The Kier molecular flexibility index (Phi) is 7.09. The van der Waals surface area contributed by atoms with E-state index in [1.165, 1.54) is 12.1 Å². The van der Waals surface area contributed by atoms with Crippen molar-refractivity contribution >= 4 is 12.0 Å². The number of esters is 1. The van der Waals surface area contributed by atoms with Crippen LogP contribution in [0.5, 0.6) is 0 Å². The normalized spacial score (nSPS) is 31.6. The van der Waals surface area contributed by atoms with Crippen LogP contribution in [0.1, 0.15) is 51.6 Å². The Morgan fingerprint density at radius 1 is 1.26 bits per heavy atom. The van der Waals surface area contributed by atoms with E-state index in [4.69, 9.17) is 16.2 Å². The van der Waals surface area contributed by atoms with Crippen molar-refractivity contribution in [1.82, 2.24) is 4.98 Å². The number of hydrogen-bond acceptors (Lipinski definition) is 5. The van der Waals surface area contributed by atoms with Gasteiger partial charge in [-0.3, -0.25) is 9.78 Å². The molecule has 1 aliphatic carbocycles. The predicted octanol–water partition coefficient (Wildman–Crippen LogP) is 5.17. The highest BCUT2D eigenvalue weighted by molar-refractivity contribution is 5.84. The summed E-state index contributed by atoms with van der Waals surface area (Å²) in [4.78, 5) is 17.6. The molecule has 184 valence electrons. The van der Waals surface area contributed by atoms with Gasteiger partial charge < -0.3 is 16.2 Å². The molecule has 0 unspecified atom stereocenters. The van der Waals surface area contributed by atoms with Crippen molar-refractivity contribution in [3.63, 3.8) is 0 Å². The zero-order chi connectivity index (χ0) is 25.2. The topological polar surface area (TPSA) is 91.2 Å². The van der Waals surface area contributed by atoms with Crippen LogP contribution in [0.15, 0.2) is 66.6 Å². The van der Waals surface area contributed by atoms with E-state index in [1.807, 2.05) is 31.2 Å². The molecule has 1 aliphatic heterocycles. The number of cyclic esters (lactones) is 1. The number of rotatable bonds is 3. The van der Waals surface area contributed by atoms with Crippen LogP contribution >= 0.6 is 0 Å². The van der Waals surface area contributed by atoms with Gasteiger partial charge in [0.15, 0.2) is 0 Å². The van der Waals surface area contributed by atoms with Crippen molar-refractivity contribution in [2.75, 3.05) is 0 Å². The summed E-state index contributed by atoms with van der Waals surface area (Å²) in [6.45, 7) is 7.95. The van der Waals surface area contributed by atoms with Crippen LogP contribution in [0.3, 0.4) is 0 Å². The molecule has 1 saturated heterocycles. The Morgan fingerprint density at radius 3 is 2.74 bits per heavy atom. The minimum Gasteiger partial charge on any atom is -0.461 e. The first-order chi connectivity index (χ1) is 16.7. The molecule has 0 amide bonds. The quantitative estimate of drug-likeness (QED) is 0.472. The Bertz CT molecular complexity index is 1170. The van der Waals surface area contributed by atoms with Crippen molar-refractivity contribution in [1.29, 1.82) is 0 Å². The summed E-state index contributed by atoms with van der Waals surface area (Å²) >= 11 is 0. The first-order valence-electron chi connectivity index (χ1n) is 12.2. The summed E-state index contributed by atoms with van der Waals surface area (Å²) in [6, 6.07) is 10.1. The second kappa shape index (κ2) is 9.90. The number of fused-ring (bicyclic) bond motifs is 1. The van der Waals surface area contributed by atoms with Crippen molar-refractivity contribution in [2.45, 2.75) is 63.6 Å². The molecule has 1 aromatic heterocycles. The Labute approximate surface area is 206 Å². The Balaban J connectivity index is 1.72. The van der Waals surface area contributed by atoms with E-state index < -0.39 is 16.9 Å². The molecule has 2 fully saturated rings. The van der Waals surface area contributed by atoms with Crippen LogP contribution < -0.4 is 11.5 Å². The second-order valence-electron chi connectivity index (χ2n) is 10.1. The average Bonchev–Trinajstić information content (AvgIpc) is 3.05. The molecule has 1 saturated carbocycles. The van der Waals surface area contributed by atoms with E-state index in [0.29, 0.717) is 6.42 Å². The van der Waals surface area contributed by atoms with Gasteiger partial charge in [-0.1, -0.05) is 44.2 Å².